The number of anilines is 3. The van der Waals surface area contributed by atoms with E-state index in [0.29, 0.717) is 5.82 Å². The van der Waals surface area contributed by atoms with E-state index in [2.05, 4.69) is 20.8 Å². The van der Waals surface area contributed by atoms with Crippen molar-refractivity contribution in [2.24, 2.45) is 0 Å². The number of methoxy groups -OCH3 is 1. The predicted molar refractivity (Wildman–Crippen MR) is 102 cm³/mol. The molecular weight excluding hydrogens is 328 g/mol. The molecule has 2 N–H and O–H groups in total. The summed E-state index contributed by atoms with van der Waals surface area (Å²) < 4.78 is 5.13. The minimum atomic E-state index is -0.286. The van der Waals surface area contributed by atoms with Crippen molar-refractivity contribution in [2.75, 3.05) is 17.7 Å². The van der Waals surface area contributed by atoms with Crippen LogP contribution in [0.3, 0.4) is 0 Å². The van der Waals surface area contributed by atoms with Gasteiger partial charge in [0.2, 0.25) is 0 Å². The summed E-state index contributed by atoms with van der Waals surface area (Å²) in [6.45, 7) is 3.91. The van der Waals surface area contributed by atoms with Crippen LogP contribution >= 0.6 is 0 Å². The number of hydrogen-bond donors (Lipinski definition) is 2. The fourth-order valence-corrected chi connectivity index (χ4v) is 2.53. The molecule has 0 saturated heterocycles. The lowest BCUT2D eigenvalue weighted by Crippen LogP contribution is -2.16. The number of aryl methyl sites for hydroxylation is 2. The molecule has 0 unspecified atom stereocenters. The van der Waals surface area contributed by atoms with E-state index in [0.717, 1.165) is 28.3 Å². The zero-order chi connectivity index (χ0) is 18.5. The van der Waals surface area contributed by atoms with Gasteiger partial charge >= 0.3 is 0 Å². The van der Waals surface area contributed by atoms with Crippen LogP contribution in [-0.4, -0.2) is 23.2 Å². The van der Waals surface area contributed by atoms with Crippen molar-refractivity contribution in [3.63, 3.8) is 0 Å². The van der Waals surface area contributed by atoms with Crippen molar-refractivity contribution < 1.29 is 9.53 Å². The van der Waals surface area contributed by atoms with Gasteiger partial charge in [0, 0.05) is 11.4 Å². The Labute approximate surface area is 152 Å². The smallest absolute Gasteiger partial charge is 0.276 e. The molecule has 0 spiro atoms. The van der Waals surface area contributed by atoms with E-state index in [1.54, 1.807) is 19.2 Å². The highest BCUT2D eigenvalue weighted by molar-refractivity contribution is 6.03. The lowest BCUT2D eigenvalue weighted by Gasteiger charge is -2.11. The maximum atomic E-state index is 12.4. The Balaban J connectivity index is 1.69. The molecule has 0 saturated carbocycles. The zero-order valence-corrected chi connectivity index (χ0v) is 14.9. The third kappa shape index (κ3) is 3.97. The van der Waals surface area contributed by atoms with Gasteiger partial charge < -0.3 is 15.4 Å². The number of aromatic nitrogens is 2. The largest absolute Gasteiger partial charge is 0.497 e. The highest BCUT2D eigenvalue weighted by atomic mass is 16.5. The molecule has 0 fully saturated rings. The number of rotatable bonds is 5. The molecule has 132 valence electrons. The van der Waals surface area contributed by atoms with Gasteiger partial charge in [-0.3, -0.25) is 4.79 Å². The number of nitrogens with zero attached hydrogens (tertiary/aromatic N) is 2. The number of hydrogen-bond acceptors (Lipinski definition) is 5. The van der Waals surface area contributed by atoms with E-state index in [9.17, 15) is 4.79 Å². The number of amides is 1. The summed E-state index contributed by atoms with van der Waals surface area (Å²) in [4.78, 5) is 12.4. The van der Waals surface area contributed by atoms with E-state index in [1.165, 1.54) is 0 Å². The average Bonchev–Trinajstić information content (AvgIpc) is 2.66. The molecule has 3 rings (SSSR count). The molecular formula is C20H20N4O2. The Morgan fingerprint density at radius 3 is 2.19 bits per heavy atom. The maximum Gasteiger partial charge on any atom is 0.276 e. The van der Waals surface area contributed by atoms with Crippen LogP contribution in [-0.2, 0) is 0 Å². The SMILES string of the molecule is COc1ccc(Nc2ccc(C(=O)Nc3c(C)cccc3C)nn2)cc1. The number of para-hydroxylation sites is 1. The lowest BCUT2D eigenvalue weighted by atomic mass is 10.1. The molecule has 1 amide bonds. The Morgan fingerprint density at radius 2 is 1.62 bits per heavy atom. The van der Waals surface area contributed by atoms with Crippen LogP contribution in [0.15, 0.2) is 54.6 Å². The van der Waals surface area contributed by atoms with Gasteiger partial charge in [-0.2, -0.15) is 0 Å². The second-order valence-electron chi connectivity index (χ2n) is 5.88. The standard InChI is InChI=1S/C20H20N4O2/c1-13-5-4-6-14(2)19(13)22-20(25)17-11-12-18(24-23-17)21-15-7-9-16(26-3)10-8-15/h4-12H,1-3H3,(H,21,24)(H,22,25). The molecule has 6 nitrogen and oxygen atoms in total. The zero-order valence-electron chi connectivity index (χ0n) is 14.9. The van der Waals surface area contributed by atoms with Gasteiger partial charge in [-0.15, -0.1) is 10.2 Å². The summed E-state index contributed by atoms with van der Waals surface area (Å²) in [7, 11) is 1.62. The summed E-state index contributed by atoms with van der Waals surface area (Å²) in [5.74, 6) is 1.05. The first-order valence-corrected chi connectivity index (χ1v) is 8.19. The second kappa shape index (κ2) is 7.65. The lowest BCUT2D eigenvalue weighted by molar-refractivity contribution is 0.102. The first-order valence-electron chi connectivity index (χ1n) is 8.19. The summed E-state index contributed by atoms with van der Waals surface area (Å²) in [6.07, 6.45) is 0. The van der Waals surface area contributed by atoms with Crippen LogP contribution in [0.25, 0.3) is 0 Å². The second-order valence-corrected chi connectivity index (χ2v) is 5.88. The van der Waals surface area contributed by atoms with E-state index in [4.69, 9.17) is 4.74 Å². The Kier molecular flexibility index (Phi) is 5.12. The minimum absolute atomic E-state index is 0.257. The van der Waals surface area contributed by atoms with Crippen molar-refractivity contribution in [2.45, 2.75) is 13.8 Å². The number of carbonyl (C=O) groups is 1. The molecule has 0 atom stereocenters. The van der Waals surface area contributed by atoms with E-state index in [1.807, 2.05) is 56.3 Å². The van der Waals surface area contributed by atoms with Crippen LogP contribution in [0, 0.1) is 13.8 Å². The van der Waals surface area contributed by atoms with Gasteiger partial charge in [-0.05, 0) is 61.4 Å². The molecule has 0 aliphatic rings. The highest BCUT2D eigenvalue weighted by Gasteiger charge is 2.11. The molecule has 1 heterocycles. The minimum Gasteiger partial charge on any atom is -0.497 e. The van der Waals surface area contributed by atoms with Crippen LogP contribution in [0.4, 0.5) is 17.2 Å². The molecule has 26 heavy (non-hydrogen) atoms. The van der Waals surface area contributed by atoms with Crippen LogP contribution in [0.2, 0.25) is 0 Å². The van der Waals surface area contributed by atoms with Crippen LogP contribution < -0.4 is 15.4 Å². The Bertz CT molecular complexity index is 886. The quantitative estimate of drug-likeness (QED) is 0.726. The van der Waals surface area contributed by atoms with Gasteiger partial charge in [0.15, 0.2) is 11.5 Å². The van der Waals surface area contributed by atoms with Crippen LogP contribution in [0.5, 0.6) is 5.75 Å². The van der Waals surface area contributed by atoms with E-state index in [-0.39, 0.29) is 11.6 Å². The van der Waals surface area contributed by atoms with Gasteiger partial charge in [0.1, 0.15) is 5.75 Å². The summed E-state index contributed by atoms with van der Waals surface area (Å²) >= 11 is 0. The highest BCUT2D eigenvalue weighted by Crippen LogP contribution is 2.21. The molecule has 1 aromatic heterocycles. The van der Waals surface area contributed by atoms with Crippen molar-refractivity contribution in [1.29, 1.82) is 0 Å². The normalized spacial score (nSPS) is 10.3. The van der Waals surface area contributed by atoms with Crippen molar-refractivity contribution in [3.8, 4) is 5.75 Å². The molecule has 6 heteroatoms. The van der Waals surface area contributed by atoms with Gasteiger partial charge in [-0.25, -0.2) is 0 Å². The average molecular weight is 348 g/mol. The summed E-state index contributed by atoms with van der Waals surface area (Å²) in [5.41, 5.74) is 3.92. The molecule has 2 aromatic carbocycles. The summed E-state index contributed by atoms with van der Waals surface area (Å²) in [6, 6.07) is 16.7. The first kappa shape index (κ1) is 17.4. The Hall–Kier alpha value is -3.41. The molecule has 0 aliphatic heterocycles. The first-order chi connectivity index (χ1) is 12.6. The van der Waals surface area contributed by atoms with Crippen LogP contribution in [0.1, 0.15) is 21.6 Å². The predicted octanol–water partition coefficient (Wildman–Crippen LogP) is 4.10. The van der Waals surface area contributed by atoms with Crippen molar-refractivity contribution in [1.82, 2.24) is 10.2 Å². The van der Waals surface area contributed by atoms with Crippen molar-refractivity contribution in [3.05, 3.63) is 71.4 Å². The fraction of sp³-hybridized carbons (Fsp3) is 0.150. The van der Waals surface area contributed by atoms with E-state index >= 15 is 0 Å². The number of benzene rings is 2. The molecule has 0 bridgehead atoms. The molecule has 0 aliphatic carbocycles. The van der Waals surface area contributed by atoms with Gasteiger partial charge in [0.05, 0.1) is 7.11 Å². The molecule has 0 radical (unpaired) electrons. The monoisotopic (exact) mass is 348 g/mol. The summed E-state index contributed by atoms with van der Waals surface area (Å²) in [5, 5.41) is 14.1. The molecule has 3 aromatic rings. The third-order valence-electron chi connectivity index (χ3n) is 3.98. The van der Waals surface area contributed by atoms with Gasteiger partial charge in [0.25, 0.3) is 5.91 Å². The third-order valence-corrected chi connectivity index (χ3v) is 3.98. The fourth-order valence-electron chi connectivity index (χ4n) is 2.53. The Morgan fingerprint density at radius 1 is 0.923 bits per heavy atom. The number of nitrogens with one attached hydrogen (secondary N) is 2. The maximum absolute atomic E-state index is 12.4. The van der Waals surface area contributed by atoms with Gasteiger partial charge in [-0.1, -0.05) is 18.2 Å². The number of ether oxygens (including phenoxy) is 1. The topological polar surface area (TPSA) is 76.1 Å². The van der Waals surface area contributed by atoms with E-state index < -0.39 is 0 Å². The van der Waals surface area contributed by atoms with Crippen molar-refractivity contribution >= 4 is 23.1 Å². The number of carbonyl (C=O) groups excluding carboxylic acids is 1.